The zero-order chi connectivity index (χ0) is 12.3. The van der Waals surface area contributed by atoms with Crippen molar-refractivity contribution in [2.24, 2.45) is 4.99 Å². The third-order valence-corrected chi connectivity index (χ3v) is 2.84. The van der Waals surface area contributed by atoms with Gasteiger partial charge in [-0.15, -0.1) is 0 Å². The van der Waals surface area contributed by atoms with E-state index in [0.717, 1.165) is 18.9 Å². The van der Waals surface area contributed by atoms with Crippen molar-refractivity contribution >= 4 is 23.2 Å². The molecule has 0 unspecified atom stereocenters. The van der Waals surface area contributed by atoms with Crippen molar-refractivity contribution in [1.29, 1.82) is 0 Å². The second-order valence-electron chi connectivity index (χ2n) is 3.70. The van der Waals surface area contributed by atoms with Gasteiger partial charge in [0.25, 0.3) is 0 Å². The molecule has 1 aliphatic heterocycles. The number of Topliss-reactive ketones (excluding diaryl/α,β-unsaturated/α-hetero) is 1. The Morgan fingerprint density at radius 1 is 1.59 bits per heavy atom. The molecule has 1 aromatic carbocycles. The van der Waals surface area contributed by atoms with Gasteiger partial charge in [-0.05, 0) is 18.2 Å². The first-order valence-corrected chi connectivity index (χ1v) is 5.72. The van der Waals surface area contributed by atoms with Crippen LogP contribution >= 0.6 is 11.6 Å². The minimum Gasteiger partial charge on any atom is -0.495 e. The molecule has 0 radical (unpaired) electrons. The normalized spacial score (nSPS) is 14.1. The molecular weight excluding hydrogens is 240 g/mol. The molecule has 0 amide bonds. The van der Waals surface area contributed by atoms with Gasteiger partial charge in [-0.2, -0.15) is 0 Å². The lowest BCUT2D eigenvalue weighted by Gasteiger charge is -2.06. The van der Waals surface area contributed by atoms with E-state index in [9.17, 15) is 4.79 Å². The number of carbonyl (C=O) groups is 1. The number of halogens is 1. The van der Waals surface area contributed by atoms with Gasteiger partial charge in [0.1, 0.15) is 11.6 Å². The molecule has 1 heterocycles. The van der Waals surface area contributed by atoms with Crippen LogP contribution in [0, 0.1) is 0 Å². The maximum Gasteiger partial charge on any atom is 0.170 e. The molecule has 0 fully saturated rings. The second kappa shape index (κ2) is 5.19. The van der Waals surface area contributed by atoms with Gasteiger partial charge < -0.3 is 10.1 Å². The summed E-state index contributed by atoms with van der Waals surface area (Å²) < 4.78 is 5.03. The summed E-state index contributed by atoms with van der Waals surface area (Å²) >= 11 is 5.97. The Morgan fingerprint density at radius 3 is 3.00 bits per heavy atom. The molecule has 5 heteroatoms. The summed E-state index contributed by atoms with van der Waals surface area (Å²) in [6, 6.07) is 5.03. The van der Waals surface area contributed by atoms with Crippen LogP contribution in [0.4, 0.5) is 0 Å². The first-order valence-electron chi connectivity index (χ1n) is 5.34. The van der Waals surface area contributed by atoms with Gasteiger partial charge >= 0.3 is 0 Å². The molecule has 1 aromatic rings. The summed E-state index contributed by atoms with van der Waals surface area (Å²) in [7, 11) is 1.54. The number of ether oxygens (including phenoxy) is 1. The van der Waals surface area contributed by atoms with E-state index in [4.69, 9.17) is 16.3 Å². The lowest BCUT2D eigenvalue weighted by Crippen LogP contribution is -2.21. The summed E-state index contributed by atoms with van der Waals surface area (Å²) in [6.07, 6.45) is 0.294. The maximum absolute atomic E-state index is 11.9. The summed E-state index contributed by atoms with van der Waals surface area (Å²) in [4.78, 5) is 16.1. The summed E-state index contributed by atoms with van der Waals surface area (Å²) in [5.74, 6) is 1.32. The fourth-order valence-corrected chi connectivity index (χ4v) is 1.92. The number of nitrogens with one attached hydrogen (secondary N) is 1. The average molecular weight is 253 g/mol. The van der Waals surface area contributed by atoms with Crippen LogP contribution in [0.15, 0.2) is 23.2 Å². The van der Waals surface area contributed by atoms with Gasteiger partial charge in [0.05, 0.1) is 25.1 Å². The fourth-order valence-electron chi connectivity index (χ4n) is 1.66. The maximum atomic E-state index is 11.9. The van der Waals surface area contributed by atoms with Crippen LogP contribution < -0.4 is 10.1 Å². The number of carbonyl (C=O) groups excluding carboxylic acids is 1. The number of hydrogen-bond acceptors (Lipinski definition) is 4. The second-order valence-corrected chi connectivity index (χ2v) is 4.11. The zero-order valence-corrected chi connectivity index (χ0v) is 10.3. The Kier molecular flexibility index (Phi) is 3.64. The third-order valence-electron chi connectivity index (χ3n) is 2.55. The van der Waals surface area contributed by atoms with E-state index in [1.54, 1.807) is 25.3 Å². The Bertz CT molecular complexity index is 472. The first-order chi connectivity index (χ1) is 8.20. The Labute approximate surface area is 105 Å². The number of ketones is 1. The number of methoxy groups -OCH3 is 1. The van der Waals surface area contributed by atoms with Crippen LogP contribution in [0.2, 0.25) is 5.02 Å². The molecule has 4 nitrogen and oxygen atoms in total. The predicted octanol–water partition coefficient (Wildman–Crippen LogP) is 1.92. The lowest BCUT2D eigenvalue weighted by atomic mass is 10.1. The van der Waals surface area contributed by atoms with E-state index < -0.39 is 0 Å². The van der Waals surface area contributed by atoms with Crippen molar-refractivity contribution < 1.29 is 9.53 Å². The molecule has 1 N–H and O–H groups in total. The zero-order valence-electron chi connectivity index (χ0n) is 9.50. The molecular formula is C12H13ClN2O2. The molecule has 0 atom stereocenters. The quantitative estimate of drug-likeness (QED) is 0.833. The molecule has 0 aromatic heterocycles. The largest absolute Gasteiger partial charge is 0.495 e. The average Bonchev–Trinajstić information content (AvgIpc) is 2.81. The Morgan fingerprint density at radius 2 is 2.41 bits per heavy atom. The highest BCUT2D eigenvalue weighted by molar-refractivity contribution is 6.32. The van der Waals surface area contributed by atoms with Crippen molar-refractivity contribution in [3.8, 4) is 5.75 Å². The van der Waals surface area contributed by atoms with Crippen molar-refractivity contribution in [2.75, 3.05) is 20.2 Å². The molecule has 0 aliphatic carbocycles. The van der Waals surface area contributed by atoms with Gasteiger partial charge in [0.15, 0.2) is 5.78 Å². The van der Waals surface area contributed by atoms with Crippen LogP contribution in [-0.4, -0.2) is 31.8 Å². The Balaban J connectivity index is 2.11. The van der Waals surface area contributed by atoms with Crippen LogP contribution in [0.1, 0.15) is 16.8 Å². The SMILES string of the molecule is COc1ccc(C(=O)CC2=NCCN2)cc1Cl. The number of amidine groups is 1. The highest BCUT2D eigenvalue weighted by Crippen LogP contribution is 2.25. The molecule has 90 valence electrons. The van der Waals surface area contributed by atoms with Gasteiger partial charge in [-0.25, -0.2) is 0 Å². The van der Waals surface area contributed by atoms with Crippen molar-refractivity contribution in [2.45, 2.75) is 6.42 Å². The van der Waals surface area contributed by atoms with E-state index in [0.29, 0.717) is 22.8 Å². The number of aliphatic imine (C=N–C) groups is 1. The molecule has 0 bridgehead atoms. The smallest absolute Gasteiger partial charge is 0.170 e. The molecule has 0 saturated heterocycles. The number of benzene rings is 1. The van der Waals surface area contributed by atoms with Gasteiger partial charge in [-0.3, -0.25) is 9.79 Å². The first kappa shape index (κ1) is 11.9. The minimum absolute atomic E-state index is 0.00250. The number of nitrogens with zero attached hydrogens (tertiary/aromatic N) is 1. The van der Waals surface area contributed by atoms with Gasteiger partial charge in [-0.1, -0.05) is 11.6 Å². The van der Waals surface area contributed by atoms with Crippen molar-refractivity contribution in [3.63, 3.8) is 0 Å². The van der Waals surface area contributed by atoms with E-state index >= 15 is 0 Å². The van der Waals surface area contributed by atoms with E-state index in [1.165, 1.54) is 0 Å². The van der Waals surface area contributed by atoms with Gasteiger partial charge in [0.2, 0.25) is 0 Å². The minimum atomic E-state index is 0.00250. The molecule has 1 aliphatic rings. The van der Waals surface area contributed by atoms with E-state index in [2.05, 4.69) is 10.3 Å². The number of rotatable bonds is 4. The van der Waals surface area contributed by atoms with Crippen molar-refractivity contribution in [1.82, 2.24) is 5.32 Å². The van der Waals surface area contributed by atoms with E-state index in [-0.39, 0.29) is 5.78 Å². The summed E-state index contributed by atoms with van der Waals surface area (Å²) in [6.45, 7) is 1.55. The third kappa shape index (κ3) is 2.77. The van der Waals surface area contributed by atoms with Crippen LogP contribution in [-0.2, 0) is 0 Å². The number of hydrogen-bond donors (Lipinski definition) is 1. The van der Waals surface area contributed by atoms with Crippen LogP contribution in [0.25, 0.3) is 0 Å². The van der Waals surface area contributed by atoms with Gasteiger partial charge in [0, 0.05) is 12.1 Å². The fraction of sp³-hybridized carbons (Fsp3) is 0.333. The topological polar surface area (TPSA) is 50.7 Å². The molecule has 0 spiro atoms. The highest BCUT2D eigenvalue weighted by Gasteiger charge is 2.14. The Hall–Kier alpha value is -1.55. The molecule has 17 heavy (non-hydrogen) atoms. The lowest BCUT2D eigenvalue weighted by molar-refractivity contribution is 0.1000. The predicted molar refractivity (Wildman–Crippen MR) is 67.3 cm³/mol. The van der Waals surface area contributed by atoms with Crippen LogP contribution in [0.3, 0.4) is 0 Å². The summed E-state index contributed by atoms with van der Waals surface area (Å²) in [5, 5.41) is 3.51. The van der Waals surface area contributed by atoms with Crippen LogP contribution in [0.5, 0.6) is 5.75 Å². The van der Waals surface area contributed by atoms with Crippen molar-refractivity contribution in [3.05, 3.63) is 28.8 Å². The highest BCUT2D eigenvalue weighted by atomic mass is 35.5. The molecule has 2 rings (SSSR count). The monoisotopic (exact) mass is 252 g/mol. The van der Waals surface area contributed by atoms with E-state index in [1.807, 2.05) is 0 Å². The molecule has 0 saturated carbocycles. The standard InChI is InChI=1S/C12H13ClN2O2/c1-17-11-3-2-8(6-9(11)13)10(16)7-12-14-4-5-15-12/h2-3,6H,4-5,7H2,1H3,(H,14,15). The summed E-state index contributed by atoms with van der Waals surface area (Å²) in [5.41, 5.74) is 0.576.